The van der Waals surface area contributed by atoms with Gasteiger partial charge < -0.3 is 29.0 Å². The molecule has 1 N–H and O–H groups in total. The number of hydrogen-bond donors (Lipinski definition) is 1. The summed E-state index contributed by atoms with van der Waals surface area (Å²) in [6.45, 7) is 8.96. The lowest BCUT2D eigenvalue weighted by Crippen LogP contribution is -2.22. The fraction of sp³-hybridized carbons (Fsp3) is 0.519. The van der Waals surface area contributed by atoms with Crippen LogP contribution in [0.3, 0.4) is 0 Å². The van der Waals surface area contributed by atoms with E-state index in [1.807, 2.05) is 43.1 Å². The lowest BCUT2D eigenvalue weighted by Gasteiger charge is -2.15. The molecule has 1 aliphatic rings. The van der Waals surface area contributed by atoms with Crippen molar-refractivity contribution in [3.8, 4) is 22.8 Å². The SMILES string of the molecule is COc1ccnc(OC)c1-c1cn(COCC[Si](C)(C)C)c2nc(NC(=O)C3CC3CN(C)C)ccc12. The Kier molecular flexibility index (Phi) is 8.20. The molecule has 0 aromatic carbocycles. The smallest absolute Gasteiger partial charge is 0.228 e. The van der Waals surface area contributed by atoms with Gasteiger partial charge in [-0.2, -0.15) is 0 Å². The summed E-state index contributed by atoms with van der Waals surface area (Å²) >= 11 is 0. The van der Waals surface area contributed by atoms with Crippen molar-refractivity contribution in [2.24, 2.45) is 11.8 Å². The van der Waals surface area contributed by atoms with Gasteiger partial charge in [0.15, 0.2) is 0 Å². The van der Waals surface area contributed by atoms with Crippen LogP contribution < -0.4 is 14.8 Å². The van der Waals surface area contributed by atoms with Crippen LogP contribution in [0.15, 0.2) is 30.6 Å². The third-order valence-corrected chi connectivity index (χ3v) is 8.32. The number of aromatic nitrogens is 3. The minimum Gasteiger partial charge on any atom is -0.496 e. The zero-order chi connectivity index (χ0) is 26.7. The molecule has 9 nitrogen and oxygen atoms in total. The summed E-state index contributed by atoms with van der Waals surface area (Å²) in [7, 11) is 6.08. The molecule has 0 radical (unpaired) electrons. The first-order valence-corrected chi connectivity index (χ1v) is 16.4. The van der Waals surface area contributed by atoms with Crippen molar-refractivity contribution in [3.63, 3.8) is 0 Å². The molecule has 1 fully saturated rings. The Morgan fingerprint density at radius 2 is 1.97 bits per heavy atom. The number of rotatable bonds is 12. The van der Waals surface area contributed by atoms with Crippen LogP contribution in [0.25, 0.3) is 22.2 Å². The summed E-state index contributed by atoms with van der Waals surface area (Å²) in [6.07, 6.45) is 4.57. The number of nitrogens with zero attached hydrogens (tertiary/aromatic N) is 4. The van der Waals surface area contributed by atoms with Gasteiger partial charge in [-0.05, 0) is 50.7 Å². The maximum atomic E-state index is 12.8. The van der Waals surface area contributed by atoms with E-state index in [9.17, 15) is 4.79 Å². The van der Waals surface area contributed by atoms with E-state index in [0.29, 0.717) is 36.7 Å². The van der Waals surface area contributed by atoms with Crippen LogP contribution in [-0.4, -0.2) is 74.9 Å². The van der Waals surface area contributed by atoms with E-state index in [1.165, 1.54) is 0 Å². The largest absolute Gasteiger partial charge is 0.496 e. The van der Waals surface area contributed by atoms with Gasteiger partial charge in [0.2, 0.25) is 11.8 Å². The molecule has 1 saturated carbocycles. The van der Waals surface area contributed by atoms with Crippen LogP contribution in [-0.2, 0) is 16.3 Å². The van der Waals surface area contributed by atoms with Gasteiger partial charge in [0.1, 0.15) is 23.9 Å². The fourth-order valence-electron chi connectivity index (χ4n) is 4.53. The van der Waals surface area contributed by atoms with E-state index >= 15 is 0 Å². The number of fused-ring (bicyclic) bond motifs is 1. The lowest BCUT2D eigenvalue weighted by molar-refractivity contribution is -0.117. The van der Waals surface area contributed by atoms with E-state index < -0.39 is 8.07 Å². The molecular formula is C27H39N5O4Si. The van der Waals surface area contributed by atoms with Gasteiger partial charge in [-0.1, -0.05) is 19.6 Å². The molecule has 0 aliphatic heterocycles. The second-order valence-corrected chi connectivity index (χ2v) is 16.8. The molecule has 2 unspecified atom stereocenters. The number of hydrogen-bond acceptors (Lipinski definition) is 7. The Bertz CT molecular complexity index is 1230. The summed E-state index contributed by atoms with van der Waals surface area (Å²) in [5.41, 5.74) is 2.35. The first-order chi connectivity index (χ1) is 17.6. The van der Waals surface area contributed by atoms with Crippen LogP contribution in [0.2, 0.25) is 25.7 Å². The topological polar surface area (TPSA) is 90.7 Å². The van der Waals surface area contributed by atoms with Crippen LogP contribution in [0.4, 0.5) is 5.82 Å². The van der Waals surface area contributed by atoms with Gasteiger partial charge in [0.05, 0.1) is 19.8 Å². The molecule has 3 heterocycles. The number of amides is 1. The third kappa shape index (κ3) is 6.49. The van der Waals surface area contributed by atoms with E-state index in [0.717, 1.165) is 41.2 Å². The summed E-state index contributed by atoms with van der Waals surface area (Å²) in [6, 6.07) is 6.71. The van der Waals surface area contributed by atoms with E-state index in [2.05, 4.69) is 34.8 Å². The molecule has 0 saturated heterocycles. The van der Waals surface area contributed by atoms with Crippen LogP contribution in [0.5, 0.6) is 11.6 Å². The zero-order valence-electron chi connectivity index (χ0n) is 23.0. The van der Waals surface area contributed by atoms with Crippen molar-refractivity contribution in [3.05, 3.63) is 30.6 Å². The number of carbonyl (C=O) groups excluding carboxylic acids is 1. The number of nitrogens with one attached hydrogen (secondary N) is 1. The first kappa shape index (κ1) is 27.1. The summed E-state index contributed by atoms with van der Waals surface area (Å²) < 4.78 is 19.3. The van der Waals surface area contributed by atoms with Gasteiger partial charge >= 0.3 is 0 Å². The number of pyridine rings is 2. The van der Waals surface area contributed by atoms with Gasteiger partial charge in [0, 0.05) is 50.5 Å². The highest BCUT2D eigenvalue weighted by atomic mass is 28.3. The standard InChI is InChI=1S/C27H39N5O4Si/c1-31(2)15-18-14-20(18)26(33)30-23-9-8-19-21(24-22(34-3)10-11-28-27(24)35-4)16-32(25(19)29-23)17-36-12-13-37(5,6)7/h8-11,16,18,20H,12-15,17H2,1-7H3,(H,29,30,33). The molecule has 2 atom stereocenters. The highest BCUT2D eigenvalue weighted by molar-refractivity contribution is 6.76. The average Bonchev–Trinajstić information content (AvgIpc) is 3.52. The molecule has 3 aromatic rings. The van der Waals surface area contributed by atoms with Gasteiger partial charge in [-0.25, -0.2) is 9.97 Å². The Balaban J connectivity index is 1.66. The van der Waals surface area contributed by atoms with Gasteiger partial charge in [-0.3, -0.25) is 4.79 Å². The Morgan fingerprint density at radius 3 is 2.65 bits per heavy atom. The van der Waals surface area contributed by atoms with Crippen LogP contribution >= 0.6 is 0 Å². The van der Waals surface area contributed by atoms with Crippen LogP contribution in [0, 0.1) is 11.8 Å². The van der Waals surface area contributed by atoms with Gasteiger partial charge in [0.25, 0.3) is 0 Å². The molecule has 200 valence electrons. The normalized spacial score (nSPS) is 17.3. The molecular weight excluding hydrogens is 486 g/mol. The lowest BCUT2D eigenvalue weighted by atomic mass is 10.1. The highest BCUT2D eigenvalue weighted by Gasteiger charge is 2.43. The second-order valence-electron chi connectivity index (χ2n) is 11.2. The second kappa shape index (κ2) is 11.2. The van der Waals surface area contributed by atoms with Crippen molar-refractivity contribution < 1.29 is 19.0 Å². The van der Waals surface area contributed by atoms with Crippen LogP contribution in [0.1, 0.15) is 6.42 Å². The predicted molar refractivity (Wildman–Crippen MR) is 149 cm³/mol. The fourth-order valence-corrected chi connectivity index (χ4v) is 5.29. The summed E-state index contributed by atoms with van der Waals surface area (Å²) in [5, 5.41) is 3.93. The van der Waals surface area contributed by atoms with Crippen molar-refractivity contribution in [1.82, 2.24) is 19.4 Å². The van der Waals surface area contributed by atoms with Gasteiger partial charge in [-0.15, -0.1) is 0 Å². The molecule has 3 aromatic heterocycles. The molecule has 0 spiro atoms. The van der Waals surface area contributed by atoms with Crippen molar-refractivity contribution in [1.29, 1.82) is 0 Å². The Morgan fingerprint density at radius 1 is 1.19 bits per heavy atom. The van der Waals surface area contributed by atoms with Crippen molar-refractivity contribution in [2.75, 3.05) is 46.8 Å². The highest BCUT2D eigenvalue weighted by Crippen LogP contribution is 2.42. The third-order valence-electron chi connectivity index (χ3n) is 6.62. The van der Waals surface area contributed by atoms with E-state index in [-0.39, 0.29) is 11.8 Å². The van der Waals surface area contributed by atoms with Crippen molar-refractivity contribution in [2.45, 2.75) is 38.8 Å². The first-order valence-electron chi connectivity index (χ1n) is 12.7. The molecule has 1 amide bonds. The molecule has 37 heavy (non-hydrogen) atoms. The summed E-state index contributed by atoms with van der Waals surface area (Å²) in [5.74, 6) is 2.13. The number of ether oxygens (including phenoxy) is 3. The number of carbonyl (C=O) groups is 1. The molecule has 1 aliphatic carbocycles. The minimum atomic E-state index is -1.21. The number of methoxy groups -OCH3 is 2. The summed E-state index contributed by atoms with van der Waals surface area (Å²) in [4.78, 5) is 24.2. The predicted octanol–water partition coefficient (Wildman–Crippen LogP) is 4.56. The average molecular weight is 526 g/mol. The zero-order valence-corrected chi connectivity index (χ0v) is 24.0. The quantitative estimate of drug-likeness (QED) is 0.274. The molecule has 10 heteroatoms. The monoisotopic (exact) mass is 525 g/mol. The molecule has 0 bridgehead atoms. The maximum absolute atomic E-state index is 12.8. The van der Waals surface area contributed by atoms with E-state index in [4.69, 9.17) is 19.2 Å². The van der Waals surface area contributed by atoms with Crippen molar-refractivity contribution >= 4 is 30.8 Å². The number of anilines is 1. The molecule has 4 rings (SSSR count). The Hall–Kier alpha value is -2.95. The minimum absolute atomic E-state index is 0.0269. The maximum Gasteiger partial charge on any atom is 0.228 e. The Labute approximate surface area is 220 Å². The van der Waals surface area contributed by atoms with E-state index in [1.54, 1.807) is 20.4 Å².